The molecule has 1 heterocycles. The second-order valence-corrected chi connectivity index (χ2v) is 7.25. The molecule has 2 aromatic rings. The molecular formula is C19H22N2. The third-order valence-electron chi connectivity index (χ3n) is 6.51. The van der Waals surface area contributed by atoms with Crippen molar-refractivity contribution in [2.45, 2.75) is 25.3 Å². The van der Waals surface area contributed by atoms with Gasteiger partial charge in [0.1, 0.15) is 0 Å². The van der Waals surface area contributed by atoms with Crippen molar-refractivity contribution < 1.29 is 0 Å². The van der Waals surface area contributed by atoms with Gasteiger partial charge in [0.2, 0.25) is 0 Å². The molecule has 3 aliphatic rings. The molecule has 3 saturated carbocycles. The Kier molecular flexibility index (Phi) is 2.49. The number of pyridine rings is 1. The zero-order chi connectivity index (χ0) is 14.0. The fourth-order valence-corrected chi connectivity index (χ4v) is 5.79. The Morgan fingerprint density at radius 2 is 1.90 bits per heavy atom. The summed E-state index contributed by atoms with van der Waals surface area (Å²) >= 11 is 0. The summed E-state index contributed by atoms with van der Waals surface area (Å²) in [5.74, 6) is 4.95. The lowest BCUT2D eigenvalue weighted by molar-refractivity contribution is 0.387. The van der Waals surface area contributed by atoms with Crippen LogP contribution in [0, 0.1) is 29.6 Å². The summed E-state index contributed by atoms with van der Waals surface area (Å²) in [6.45, 7) is 0. The molecule has 0 radical (unpaired) electrons. The van der Waals surface area contributed by atoms with Crippen molar-refractivity contribution in [3.63, 3.8) is 0 Å². The number of fused-ring (bicyclic) bond motifs is 6. The summed E-state index contributed by atoms with van der Waals surface area (Å²) in [4.78, 5) is 4.52. The molecule has 0 amide bonds. The Morgan fingerprint density at radius 1 is 1.10 bits per heavy atom. The average Bonchev–Trinajstić information content (AvgIpc) is 2.94. The number of benzene rings is 1. The molecule has 1 aromatic heterocycles. The van der Waals surface area contributed by atoms with Gasteiger partial charge in [-0.3, -0.25) is 4.98 Å². The van der Waals surface area contributed by atoms with Gasteiger partial charge in [-0.1, -0.05) is 18.2 Å². The van der Waals surface area contributed by atoms with E-state index in [2.05, 4.69) is 47.7 Å². The minimum absolute atomic E-state index is 0.510. The Bertz CT molecular complexity index is 674. The maximum atomic E-state index is 4.52. The van der Waals surface area contributed by atoms with Crippen molar-refractivity contribution in [3.05, 3.63) is 42.1 Å². The van der Waals surface area contributed by atoms with Gasteiger partial charge in [-0.2, -0.15) is 0 Å². The highest BCUT2D eigenvalue weighted by molar-refractivity contribution is 5.82. The van der Waals surface area contributed by atoms with Gasteiger partial charge in [-0.15, -0.1) is 0 Å². The molecule has 2 nitrogen and oxygen atoms in total. The molecule has 5 unspecified atom stereocenters. The molecule has 108 valence electrons. The van der Waals surface area contributed by atoms with Crippen molar-refractivity contribution in [3.8, 4) is 0 Å². The summed E-state index contributed by atoms with van der Waals surface area (Å²) < 4.78 is 0. The summed E-state index contributed by atoms with van der Waals surface area (Å²) in [5, 5.41) is 4.97. The van der Waals surface area contributed by atoms with Gasteiger partial charge in [-0.25, -0.2) is 0 Å². The summed E-state index contributed by atoms with van der Waals surface area (Å²) in [7, 11) is 2.13. The van der Waals surface area contributed by atoms with E-state index in [9.17, 15) is 0 Å². The van der Waals surface area contributed by atoms with Crippen LogP contribution in [-0.4, -0.2) is 12.0 Å². The number of hydrogen-bond acceptors (Lipinski definition) is 2. The monoisotopic (exact) mass is 278 g/mol. The molecule has 2 heteroatoms. The van der Waals surface area contributed by atoms with E-state index < -0.39 is 0 Å². The number of nitrogens with zero attached hydrogens (tertiary/aromatic N) is 1. The first kappa shape index (κ1) is 12.2. The lowest BCUT2D eigenvalue weighted by Crippen LogP contribution is -2.22. The molecule has 1 N–H and O–H groups in total. The molecule has 0 spiro atoms. The number of hydrogen-bond donors (Lipinski definition) is 1. The van der Waals surface area contributed by atoms with Crippen LogP contribution in [0.1, 0.15) is 30.9 Å². The van der Waals surface area contributed by atoms with Crippen LogP contribution >= 0.6 is 0 Å². The Labute approximate surface area is 126 Å². The average molecular weight is 278 g/mol. The Morgan fingerprint density at radius 3 is 2.67 bits per heavy atom. The SMILES string of the molecule is CNC(c1cccc2ncccc12)C1C2C3CCC(C3)C21. The molecule has 2 bridgehead atoms. The van der Waals surface area contributed by atoms with Crippen LogP contribution in [0.4, 0.5) is 0 Å². The minimum atomic E-state index is 0.510. The maximum absolute atomic E-state index is 4.52. The van der Waals surface area contributed by atoms with Crippen LogP contribution in [0.25, 0.3) is 10.9 Å². The van der Waals surface area contributed by atoms with Crippen LogP contribution < -0.4 is 5.32 Å². The van der Waals surface area contributed by atoms with Crippen molar-refractivity contribution in [1.82, 2.24) is 10.3 Å². The van der Waals surface area contributed by atoms with Crippen molar-refractivity contribution in [1.29, 1.82) is 0 Å². The standard InChI is InChI=1S/C19H22N2/c1-20-19(18-16-11-7-8-12(10-11)17(16)18)14-4-2-6-15-13(14)5-3-9-21-15/h2-6,9,11-12,16-20H,7-8,10H2,1H3. The van der Waals surface area contributed by atoms with Crippen molar-refractivity contribution >= 4 is 10.9 Å². The zero-order valence-corrected chi connectivity index (χ0v) is 12.5. The van der Waals surface area contributed by atoms with Crippen LogP contribution in [0.3, 0.4) is 0 Å². The summed E-state index contributed by atoms with van der Waals surface area (Å²) in [6.07, 6.45) is 6.41. The van der Waals surface area contributed by atoms with E-state index in [4.69, 9.17) is 0 Å². The van der Waals surface area contributed by atoms with E-state index in [-0.39, 0.29) is 0 Å². The van der Waals surface area contributed by atoms with Crippen LogP contribution in [0.5, 0.6) is 0 Å². The van der Waals surface area contributed by atoms with Gasteiger partial charge in [0.15, 0.2) is 0 Å². The van der Waals surface area contributed by atoms with Gasteiger partial charge in [0.05, 0.1) is 5.52 Å². The Balaban J connectivity index is 1.56. The number of aromatic nitrogens is 1. The molecule has 5 rings (SSSR count). The quantitative estimate of drug-likeness (QED) is 0.924. The lowest BCUT2D eigenvalue weighted by atomic mass is 9.91. The summed E-state index contributed by atoms with van der Waals surface area (Å²) in [5.41, 5.74) is 2.59. The molecule has 0 aliphatic heterocycles. The van der Waals surface area contributed by atoms with Crippen molar-refractivity contribution in [2.75, 3.05) is 7.05 Å². The zero-order valence-electron chi connectivity index (χ0n) is 12.5. The summed E-state index contributed by atoms with van der Waals surface area (Å²) in [6, 6.07) is 11.4. The highest BCUT2D eigenvalue weighted by Crippen LogP contribution is 2.72. The molecular weight excluding hydrogens is 256 g/mol. The first-order chi connectivity index (χ1) is 10.4. The van der Waals surface area contributed by atoms with E-state index in [1.807, 2.05) is 6.20 Å². The first-order valence-electron chi connectivity index (χ1n) is 8.39. The smallest absolute Gasteiger partial charge is 0.0705 e. The molecule has 1 aromatic carbocycles. The molecule has 3 aliphatic carbocycles. The van der Waals surface area contributed by atoms with E-state index >= 15 is 0 Å². The predicted molar refractivity (Wildman–Crippen MR) is 84.8 cm³/mol. The van der Waals surface area contributed by atoms with Gasteiger partial charge < -0.3 is 5.32 Å². The molecule has 5 atom stereocenters. The first-order valence-corrected chi connectivity index (χ1v) is 8.39. The normalized spacial score (nSPS) is 37.7. The highest BCUT2D eigenvalue weighted by atomic mass is 14.9. The maximum Gasteiger partial charge on any atom is 0.0705 e. The largest absolute Gasteiger partial charge is 0.313 e. The minimum Gasteiger partial charge on any atom is -0.313 e. The number of nitrogens with one attached hydrogen (secondary N) is 1. The van der Waals surface area contributed by atoms with Crippen LogP contribution in [0.15, 0.2) is 36.5 Å². The Hall–Kier alpha value is -1.41. The molecule has 3 fully saturated rings. The highest BCUT2D eigenvalue weighted by Gasteiger charge is 2.66. The van der Waals surface area contributed by atoms with E-state index in [1.165, 1.54) is 30.2 Å². The van der Waals surface area contributed by atoms with Gasteiger partial charge >= 0.3 is 0 Å². The van der Waals surface area contributed by atoms with E-state index in [0.717, 1.165) is 35.1 Å². The molecule has 0 saturated heterocycles. The van der Waals surface area contributed by atoms with Gasteiger partial charge in [0, 0.05) is 17.6 Å². The second-order valence-electron chi connectivity index (χ2n) is 7.25. The van der Waals surface area contributed by atoms with Crippen molar-refractivity contribution in [2.24, 2.45) is 29.6 Å². The topological polar surface area (TPSA) is 24.9 Å². The van der Waals surface area contributed by atoms with Crippen LogP contribution in [-0.2, 0) is 0 Å². The van der Waals surface area contributed by atoms with E-state index in [1.54, 1.807) is 0 Å². The number of rotatable bonds is 3. The third kappa shape index (κ3) is 1.60. The second kappa shape index (κ2) is 4.30. The van der Waals surface area contributed by atoms with Gasteiger partial charge in [-0.05, 0) is 73.6 Å². The third-order valence-corrected chi connectivity index (χ3v) is 6.51. The van der Waals surface area contributed by atoms with Gasteiger partial charge in [0.25, 0.3) is 0 Å². The fourth-order valence-electron chi connectivity index (χ4n) is 5.79. The molecule has 21 heavy (non-hydrogen) atoms. The van der Waals surface area contributed by atoms with E-state index in [0.29, 0.717) is 6.04 Å². The lowest BCUT2D eigenvalue weighted by Gasteiger charge is -2.22. The predicted octanol–water partition coefficient (Wildman–Crippen LogP) is 3.79. The fraction of sp³-hybridized carbons (Fsp3) is 0.526. The van der Waals surface area contributed by atoms with Crippen LogP contribution in [0.2, 0.25) is 0 Å².